The third-order valence-electron chi connectivity index (χ3n) is 6.14. The van der Waals surface area contributed by atoms with Gasteiger partial charge in [-0.05, 0) is 62.3 Å². The van der Waals surface area contributed by atoms with E-state index in [2.05, 4.69) is 35.4 Å². The molecule has 4 nitrogen and oxygen atoms in total. The summed E-state index contributed by atoms with van der Waals surface area (Å²) in [6.07, 6.45) is 5.25. The van der Waals surface area contributed by atoms with E-state index in [1.165, 1.54) is 5.56 Å². The number of aromatic nitrogens is 2. The van der Waals surface area contributed by atoms with Crippen molar-refractivity contribution < 1.29 is 4.79 Å². The highest BCUT2D eigenvalue weighted by Crippen LogP contribution is 2.39. The molecule has 0 saturated heterocycles. The molecule has 0 fully saturated rings. The van der Waals surface area contributed by atoms with Crippen LogP contribution in [0.3, 0.4) is 0 Å². The summed E-state index contributed by atoms with van der Waals surface area (Å²) in [6, 6.07) is 10.2. The van der Waals surface area contributed by atoms with Crippen LogP contribution in [0.25, 0.3) is 11.0 Å². The molecule has 5 heteroatoms. The fourth-order valence-corrected chi connectivity index (χ4v) is 4.77. The van der Waals surface area contributed by atoms with Crippen LogP contribution in [0.5, 0.6) is 0 Å². The first-order chi connectivity index (χ1) is 14.1. The molecule has 1 aromatic heterocycles. The van der Waals surface area contributed by atoms with Gasteiger partial charge >= 0.3 is 0 Å². The van der Waals surface area contributed by atoms with Crippen molar-refractivity contribution in [3.05, 3.63) is 52.0 Å². The number of hydrogen-bond acceptors (Lipinski definition) is 3. The van der Waals surface area contributed by atoms with Crippen molar-refractivity contribution in [3.63, 3.8) is 0 Å². The van der Waals surface area contributed by atoms with E-state index in [0.29, 0.717) is 16.5 Å². The molecule has 0 bridgehead atoms. The largest absolute Gasteiger partial charge is 0.311 e. The van der Waals surface area contributed by atoms with Crippen LogP contribution in [0.2, 0.25) is 5.02 Å². The quantitative estimate of drug-likeness (QED) is 0.443. The van der Waals surface area contributed by atoms with Gasteiger partial charge in [-0.25, -0.2) is 4.98 Å². The number of halogens is 1. The molecule has 1 aliphatic heterocycles. The van der Waals surface area contributed by atoms with Crippen LogP contribution in [0.4, 0.5) is 11.6 Å². The maximum Gasteiger partial charge on any atom is 0.211 e. The summed E-state index contributed by atoms with van der Waals surface area (Å²) >= 11 is 6.60. The summed E-state index contributed by atoms with van der Waals surface area (Å²) in [6.45, 7) is 8.24. The van der Waals surface area contributed by atoms with Crippen LogP contribution >= 0.6 is 11.6 Å². The van der Waals surface area contributed by atoms with Gasteiger partial charge < -0.3 is 9.47 Å². The highest BCUT2D eigenvalue weighted by molar-refractivity contribution is 6.35. The number of imidazole rings is 1. The van der Waals surface area contributed by atoms with Crippen LogP contribution in [-0.4, -0.2) is 22.4 Å². The molecule has 0 radical (unpaired) electrons. The Hall–Kier alpha value is -2.33. The lowest BCUT2D eigenvalue weighted by molar-refractivity contribution is 0.112. The average Bonchev–Trinajstić information content (AvgIpc) is 2.99. The number of nitrogens with zero attached hydrogens (tertiary/aromatic N) is 3. The molecule has 3 aromatic rings. The van der Waals surface area contributed by atoms with E-state index in [0.717, 1.165) is 73.3 Å². The molecule has 0 aliphatic carbocycles. The molecule has 1 aliphatic rings. The molecule has 2 aromatic carbocycles. The minimum absolute atomic E-state index is 0.484. The number of benzene rings is 2. The fourth-order valence-electron chi connectivity index (χ4n) is 4.58. The van der Waals surface area contributed by atoms with E-state index in [-0.39, 0.29) is 0 Å². The number of hydrogen-bond donors (Lipinski definition) is 0. The molecule has 0 N–H and O–H groups in total. The first-order valence-electron chi connectivity index (χ1n) is 10.6. The van der Waals surface area contributed by atoms with Gasteiger partial charge in [0.25, 0.3) is 0 Å². The number of carbonyl (C=O) groups is 1. The summed E-state index contributed by atoms with van der Waals surface area (Å²) in [5.74, 6) is 1.38. The van der Waals surface area contributed by atoms with Crippen molar-refractivity contribution in [2.45, 2.75) is 58.9 Å². The van der Waals surface area contributed by atoms with Crippen LogP contribution in [0.15, 0.2) is 30.3 Å². The van der Waals surface area contributed by atoms with E-state index in [1.807, 2.05) is 25.1 Å². The monoisotopic (exact) mass is 409 g/mol. The molecule has 0 atom stereocenters. The Bertz CT molecular complexity index is 1050. The zero-order valence-electron chi connectivity index (χ0n) is 17.4. The molecule has 2 heterocycles. The summed E-state index contributed by atoms with van der Waals surface area (Å²) in [7, 11) is 0. The van der Waals surface area contributed by atoms with Crippen molar-refractivity contribution in [1.29, 1.82) is 0 Å². The summed E-state index contributed by atoms with van der Waals surface area (Å²) < 4.78 is 2.33. The normalized spacial score (nSPS) is 14.3. The van der Waals surface area contributed by atoms with Gasteiger partial charge in [-0.3, -0.25) is 4.79 Å². The van der Waals surface area contributed by atoms with Gasteiger partial charge in [-0.1, -0.05) is 43.1 Å². The first-order valence-corrected chi connectivity index (χ1v) is 11.0. The van der Waals surface area contributed by atoms with Crippen molar-refractivity contribution in [1.82, 2.24) is 9.55 Å². The van der Waals surface area contributed by atoms with Gasteiger partial charge in [0.05, 0.1) is 16.2 Å². The van der Waals surface area contributed by atoms with Gasteiger partial charge in [0.15, 0.2) is 6.29 Å². The molecule has 0 unspecified atom stereocenters. The Balaban J connectivity index is 1.97. The van der Waals surface area contributed by atoms with E-state index in [4.69, 9.17) is 16.6 Å². The molecule has 0 spiro atoms. The Morgan fingerprint density at radius 1 is 1.14 bits per heavy atom. The van der Waals surface area contributed by atoms with Gasteiger partial charge in [-0.2, -0.15) is 0 Å². The van der Waals surface area contributed by atoms with Crippen molar-refractivity contribution in [2.24, 2.45) is 0 Å². The van der Waals surface area contributed by atoms with E-state index >= 15 is 0 Å². The number of anilines is 2. The van der Waals surface area contributed by atoms with E-state index in [9.17, 15) is 4.79 Å². The zero-order chi connectivity index (χ0) is 20.5. The second kappa shape index (κ2) is 8.19. The van der Waals surface area contributed by atoms with Gasteiger partial charge in [-0.15, -0.1) is 0 Å². The van der Waals surface area contributed by atoms with Gasteiger partial charge in [0.2, 0.25) is 5.95 Å². The SMILES string of the molecule is CCC(CC)c1ccc(Cl)c2nc3n(c12)CCCCN3c1ccc(C)cc1C=O. The standard InChI is InChI=1S/C24H28ClN3O/c1-4-17(5-2)19-9-10-20(25)22-23(19)28-13-7-6-12-27(24(28)26-22)21-11-8-16(3)14-18(21)15-29/h8-11,14-15,17H,4-7,12-13H2,1-3H3. The van der Waals surface area contributed by atoms with Gasteiger partial charge in [0.1, 0.15) is 5.52 Å². The van der Waals surface area contributed by atoms with Crippen LogP contribution in [0, 0.1) is 6.92 Å². The number of carbonyl (C=O) groups excluding carboxylic acids is 1. The topological polar surface area (TPSA) is 38.1 Å². The highest BCUT2D eigenvalue weighted by Gasteiger charge is 2.26. The van der Waals surface area contributed by atoms with E-state index in [1.54, 1.807) is 0 Å². The number of fused-ring (bicyclic) bond motifs is 3. The number of rotatable bonds is 5. The molecule has 29 heavy (non-hydrogen) atoms. The van der Waals surface area contributed by atoms with Crippen molar-refractivity contribution in [3.8, 4) is 0 Å². The molecule has 4 rings (SSSR count). The maximum atomic E-state index is 11.8. The Morgan fingerprint density at radius 3 is 2.62 bits per heavy atom. The van der Waals surface area contributed by atoms with Crippen LogP contribution in [0.1, 0.15) is 66.9 Å². The Kier molecular flexibility index (Phi) is 5.64. The fraction of sp³-hybridized carbons (Fsp3) is 0.417. The lowest BCUT2D eigenvalue weighted by Crippen LogP contribution is -2.21. The predicted octanol–water partition coefficient (Wildman–Crippen LogP) is 6.65. The smallest absolute Gasteiger partial charge is 0.211 e. The average molecular weight is 410 g/mol. The third-order valence-corrected chi connectivity index (χ3v) is 6.44. The molecular weight excluding hydrogens is 382 g/mol. The van der Waals surface area contributed by atoms with Crippen LogP contribution in [-0.2, 0) is 6.54 Å². The lowest BCUT2D eigenvalue weighted by Gasteiger charge is -2.24. The summed E-state index contributed by atoms with van der Waals surface area (Å²) in [5.41, 5.74) is 6.07. The minimum atomic E-state index is 0.484. The van der Waals surface area contributed by atoms with Crippen LogP contribution < -0.4 is 4.90 Å². The van der Waals surface area contributed by atoms with Crippen molar-refractivity contribution >= 4 is 40.6 Å². The molecule has 0 amide bonds. The first kappa shape index (κ1) is 20.0. The third kappa shape index (κ3) is 3.44. The van der Waals surface area contributed by atoms with E-state index < -0.39 is 0 Å². The van der Waals surface area contributed by atoms with Gasteiger partial charge in [0, 0.05) is 18.7 Å². The predicted molar refractivity (Wildman–Crippen MR) is 121 cm³/mol. The summed E-state index contributed by atoms with van der Waals surface area (Å²) in [5, 5.41) is 0.690. The Labute approximate surface area is 177 Å². The number of aldehydes is 1. The molecule has 0 saturated carbocycles. The van der Waals surface area contributed by atoms with Crippen molar-refractivity contribution in [2.75, 3.05) is 11.4 Å². The lowest BCUT2D eigenvalue weighted by atomic mass is 9.93. The molecular formula is C24H28ClN3O. The zero-order valence-corrected chi connectivity index (χ0v) is 18.2. The maximum absolute atomic E-state index is 11.8. The Morgan fingerprint density at radius 2 is 1.90 bits per heavy atom. The second-order valence-corrected chi connectivity index (χ2v) is 8.36. The number of aryl methyl sites for hydroxylation is 2. The summed E-state index contributed by atoms with van der Waals surface area (Å²) in [4.78, 5) is 19.0. The minimum Gasteiger partial charge on any atom is -0.311 e. The molecule has 152 valence electrons. The highest BCUT2D eigenvalue weighted by atomic mass is 35.5. The second-order valence-electron chi connectivity index (χ2n) is 7.95.